The molecule has 6 heteroatoms. The van der Waals surface area contributed by atoms with Crippen molar-refractivity contribution in [3.8, 4) is 34.0 Å². The fourth-order valence-electron chi connectivity index (χ4n) is 4.66. The lowest BCUT2D eigenvalue weighted by molar-refractivity contribution is 0.105. The maximum absolute atomic E-state index is 11.7. The number of nitrogens with zero attached hydrogens (tertiary/aromatic N) is 3. The summed E-state index contributed by atoms with van der Waals surface area (Å²) in [6.07, 6.45) is 7.30. The molecule has 1 aliphatic heterocycles. The monoisotopic (exact) mass is 428 g/mol. The van der Waals surface area contributed by atoms with Gasteiger partial charge in [-0.3, -0.25) is 0 Å². The Kier molecular flexibility index (Phi) is 4.88. The topological polar surface area (TPSA) is 83.9 Å². The van der Waals surface area contributed by atoms with E-state index < -0.39 is 5.60 Å². The van der Waals surface area contributed by atoms with Gasteiger partial charge in [-0.15, -0.1) is 0 Å². The molecule has 0 unspecified atom stereocenters. The minimum absolute atomic E-state index is 0.198. The van der Waals surface area contributed by atoms with E-state index in [0.29, 0.717) is 17.0 Å². The van der Waals surface area contributed by atoms with Crippen LogP contribution in [0.1, 0.15) is 56.7 Å². The van der Waals surface area contributed by atoms with Gasteiger partial charge >= 0.3 is 0 Å². The van der Waals surface area contributed by atoms with Crippen molar-refractivity contribution >= 4 is 11.2 Å². The summed E-state index contributed by atoms with van der Waals surface area (Å²) >= 11 is 0. The number of aryl methyl sites for hydroxylation is 2. The zero-order valence-corrected chi connectivity index (χ0v) is 19.0. The molecule has 2 aromatic heterocycles. The number of phenolic OH excluding ortho intramolecular Hbond substituents is 1. The van der Waals surface area contributed by atoms with Gasteiger partial charge in [-0.25, -0.2) is 15.0 Å². The number of aromatic amines is 1. The summed E-state index contributed by atoms with van der Waals surface area (Å²) in [6.45, 7) is 8.40. The molecule has 2 aromatic carbocycles. The number of aromatic hydroxyl groups is 1. The summed E-state index contributed by atoms with van der Waals surface area (Å²) in [7, 11) is 0. The summed E-state index contributed by atoms with van der Waals surface area (Å²) in [4.78, 5) is 16.3. The van der Waals surface area contributed by atoms with Crippen molar-refractivity contribution in [3.63, 3.8) is 0 Å². The predicted molar refractivity (Wildman–Crippen MR) is 126 cm³/mol. The molecule has 0 amide bonds. The smallest absolute Gasteiger partial charge is 0.181 e. The van der Waals surface area contributed by atoms with Crippen LogP contribution < -0.4 is 4.74 Å². The van der Waals surface area contributed by atoms with Gasteiger partial charge in [0.2, 0.25) is 0 Å². The fourth-order valence-corrected chi connectivity index (χ4v) is 4.66. The number of hydrogen-bond donors (Lipinski definition) is 2. The Morgan fingerprint density at radius 3 is 2.75 bits per heavy atom. The van der Waals surface area contributed by atoms with Gasteiger partial charge in [0.1, 0.15) is 34.8 Å². The number of imidazole rings is 1. The van der Waals surface area contributed by atoms with Gasteiger partial charge in [-0.05, 0) is 50.8 Å². The van der Waals surface area contributed by atoms with E-state index in [1.165, 1.54) is 6.33 Å². The van der Waals surface area contributed by atoms with E-state index in [1.54, 1.807) is 6.20 Å². The van der Waals surface area contributed by atoms with Crippen molar-refractivity contribution < 1.29 is 9.84 Å². The van der Waals surface area contributed by atoms with Crippen LogP contribution in [0, 0.1) is 6.92 Å². The van der Waals surface area contributed by atoms with Crippen LogP contribution in [0.15, 0.2) is 36.8 Å². The third-order valence-electron chi connectivity index (χ3n) is 6.25. The van der Waals surface area contributed by atoms with Crippen LogP contribution >= 0.6 is 0 Å². The first-order valence-corrected chi connectivity index (χ1v) is 11.2. The Labute approximate surface area is 187 Å². The maximum atomic E-state index is 11.7. The molecule has 5 rings (SSSR count). The lowest BCUT2D eigenvalue weighted by atomic mass is 9.83. The van der Waals surface area contributed by atoms with Crippen LogP contribution in [0.25, 0.3) is 33.7 Å². The quantitative estimate of drug-likeness (QED) is 0.377. The van der Waals surface area contributed by atoms with E-state index in [0.717, 1.165) is 64.8 Å². The van der Waals surface area contributed by atoms with Gasteiger partial charge in [-0.1, -0.05) is 43.5 Å². The number of rotatable bonds is 5. The molecule has 0 saturated heterocycles. The minimum Gasteiger partial charge on any atom is -0.506 e. The molecule has 0 bridgehead atoms. The molecule has 0 spiro atoms. The van der Waals surface area contributed by atoms with Crippen LogP contribution in [0.2, 0.25) is 0 Å². The molecular formula is C26H28N4O2. The van der Waals surface area contributed by atoms with Crippen LogP contribution in [0.3, 0.4) is 0 Å². The fraction of sp³-hybridized carbons (Fsp3) is 0.346. The molecule has 32 heavy (non-hydrogen) atoms. The molecule has 164 valence electrons. The van der Waals surface area contributed by atoms with E-state index in [1.807, 2.05) is 0 Å². The van der Waals surface area contributed by atoms with Gasteiger partial charge in [0, 0.05) is 5.56 Å². The standard InChI is InChI=1S/C26H28N4O2/c1-5-6-7-8-16-12-20-22(17-11-15(2)9-10-18(17)26(3,4)32-20)23(31)21(16)25-29-19-13-27-14-28-24(19)30-25/h9-14,31H,5-8H2,1-4H3,(H,27,28,29,30). The van der Waals surface area contributed by atoms with Gasteiger partial charge in [-0.2, -0.15) is 0 Å². The Hall–Kier alpha value is -3.41. The minimum atomic E-state index is -0.486. The number of phenols is 1. The Balaban J connectivity index is 1.77. The second-order valence-electron chi connectivity index (χ2n) is 9.10. The Morgan fingerprint density at radius 2 is 1.97 bits per heavy atom. The number of hydrogen-bond acceptors (Lipinski definition) is 5. The molecule has 0 fully saturated rings. The molecule has 6 nitrogen and oxygen atoms in total. The SMILES string of the molecule is CCCCCc1cc2c(c(O)c1-c1nc3ncncc3[nH]1)-c1cc(C)ccc1C(C)(C)O2. The Morgan fingerprint density at radius 1 is 1.12 bits per heavy atom. The van der Waals surface area contributed by atoms with Crippen molar-refractivity contribution in [1.29, 1.82) is 0 Å². The number of aromatic nitrogens is 4. The van der Waals surface area contributed by atoms with Crippen molar-refractivity contribution in [2.45, 2.75) is 59.0 Å². The van der Waals surface area contributed by atoms with E-state index in [9.17, 15) is 5.11 Å². The number of ether oxygens (including phenoxy) is 1. The van der Waals surface area contributed by atoms with Gasteiger partial charge < -0.3 is 14.8 Å². The predicted octanol–water partition coefficient (Wildman–Crippen LogP) is 6.06. The van der Waals surface area contributed by atoms with Crippen molar-refractivity contribution in [2.24, 2.45) is 0 Å². The number of nitrogens with one attached hydrogen (secondary N) is 1. The molecule has 0 aliphatic carbocycles. The first-order chi connectivity index (χ1) is 15.4. The number of H-pyrrole nitrogens is 1. The highest BCUT2D eigenvalue weighted by Gasteiger charge is 2.36. The summed E-state index contributed by atoms with van der Waals surface area (Å²) in [6, 6.07) is 8.40. The van der Waals surface area contributed by atoms with Crippen LogP contribution in [-0.2, 0) is 12.0 Å². The number of benzene rings is 2. The number of fused-ring (bicyclic) bond motifs is 4. The molecule has 3 heterocycles. The van der Waals surface area contributed by atoms with E-state index >= 15 is 0 Å². The largest absolute Gasteiger partial charge is 0.506 e. The van der Waals surface area contributed by atoms with Gasteiger partial charge in [0.25, 0.3) is 0 Å². The molecule has 0 saturated carbocycles. The lowest BCUT2D eigenvalue weighted by Crippen LogP contribution is -2.29. The third kappa shape index (κ3) is 3.30. The van der Waals surface area contributed by atoms with Crippen LogP contribution in [0.5, 0.6) is 11.5 Å². The molecule has 0 atom stereocenters. The first-order valence-electron chi connectivity index (χ1n) is 11.2. The highest BCUT2D eigenvalue weighted by Crippen LogP contribution is 2.53. The summed E-state index contributed by atoms with van der Waals surface area (Å²) in [5, 5.41) is 11.7. The third-order valence-corrected chi connectivity index (χ3v) is 6.25. The molecule has 0 radical (unpaired) electrons. The van der Waals surface area contributed by atoms with Crippen molar-refractivity contribution in [3.05, 3.63) is 53.5 Å². The van der Waals surface area contributed by atoms with Crippen molar-refractivity contribution in [1.82, 2.24) is 19.9 Å². The highest BCUT2D eigenvalue weighted by atomic mass is 16.5. The normalized spacial score (nSPS) is 14.1. The van der Waals surface area contributed by atoms with E-state index in [2.05, 4.69) is 71.9 Å². The summed E-state index contributed by atoms with van der Waals surface area (Å²) in [5.74, 6) is 1.52. The summed E-state index contributed by atoms with van der Waals surface area (Å²) in [5.41, 5.74) is 6.51. The molecule has 4 aromatic rings. The molecule has 2 N–H and O–H groups in total. The molecular weight excluding hydrogens is 400 g/mol. The van der Waals surface area contributed by atoms with Gasteiger partial charge in [0.05, 0.1) is 17.3 Å². The van der Waals surface area contributed by atoms with Crippen molar-refractivity contribution in [2.75, 3.05) is 0 Å². The van der Waals surface area contributed by atoms with Gasteiger partial charge in [0.15, 0.2) is 5.65 Å². The average molecular weight is 429 g/mol. The zero-order valence-electron chi connectivity index (χ0n) is 19.0. The Bertz CT molecular complexity index is 1290. The van der Waals surface area contributed by atoms with E-state index in [4.69, 9.17) is 4.74 Å². The van der Waals surface area contributed by atoms with Crippen LogP contribution in [0.4, 0.5) is 0 Å². The number of unbranched alkanes of at least 4 members (excludes halogenated alkanes) is 2. The second kappa shape index (κ2) is 7.62. The maximum Gasteiger partial charge on any atom is 0.181 e. The highest BCUT2D eigenvalue weighted by molar-refractivity contribution is 5.90. The lowest BCUT2D eigenvalue weighted by Gasteiger charge is -2.36. The average Bonchev–Trinajstić information content (AvgIpc) is 3.16. The second-order valence-corrected chi connectivity index (χ2v) is 9.10. The first kappa shape index (κ1) is 20.5. The van der Waals surface area contributed by atoms with Crippen LogP contribution in [-0.4, -0.2) is 25.0 Å². The zero-order chi connectivity index (χ0) is 22.5. The molecule has 1 aliphatic rings. The summed E-state index contributed by atoms with van der Waals surface area (Å²) < 4.78 is 6.45. The van der Waals surface area contributed by atoms with E-state index in [-0.39, 0.29) is 5.75 Å².